The first-order valence-corrected chi connectivity index (χ1v) is 6.74. The number of hydrogen-bond donors (Lipinski definition) is 1. The summed E-state index contributed by atoms with van der Waals surface area (Å²) < 4.78 is 5.55. The Hall–Kier alpha value is -2.29. The lowest BCUT2D eigenvalue weighted by molar-refractivity contribution is 0.0951. The van der Waals surface area contributed by atoms with Crippen molar-refractivity contribution in [3.8, 4) is 5.75 Å². The van der Waals surface area contributed by atoms with Crippen LogP contribution in [0, 0.1) is 0 Å². The summed E-state index contributed by atoms with van der Waals surface area (Å²) in [6, 6.07) is 17.0. The summed E-state index contributed by atoms with van der Waals surface area (Å²) in [6.07, 6.45) is 0.132. The molecule has 0 saturated heterocycles. The van der Waals surface area contributed by atoms with Gasteiger partial charge in [-0.05, 0) is 43.7 Å². The van der Waals surface area contributed by atoms with E-state index in [2.05, 4.69) is 5.32 Å². The third-order valence-electron chi connectivity index (χ3n) is 2.78. The largest absolute Gasteiger partial charge is 0.491 e. The van der Waals surface area contributed by atoms with E-state index in [1.165, 1.54) is 0 Å². The van der Waals surface area contributed by atoms with Gasteiger partial charge in [-0.1, -0.05) is 30.3 Å². The van der Waals surface area contributed by atoms with Gasteiger partial charge in [0.15, 0.2) is 0 Å². The number of carbonyl (C=O) groups excluding carboxylic acids is 1. The van der Waals surface area contributed by atoms with Gasteiger partial charge in [0, 0.05) is 12.1 Å². The van der Waals surface area contributed by atoms with Gasteiger partial charge >= 0.3 is 0 Å². The van der Waals surface area contributed by atoms with Crippen molar-refractivity contribution < 1.29 is 9.53 Å². The topological polar surface area (TPSA) is 38.3 Å². The first-order valence-electron chi connectivity index (χ1n) is 6.74. The predicted octanol–water partition coefficient (Wildman–Crippen LogP) is 3.40. The van der Waals surface area contributed by atoms with Gasteiger partial charge in [-0.15, -0.1) is 0 Å². The Balaban J connectivity index is 1.92. The Morgan fingerprint density at radius 2 is 1.70 bits per heavy atom. The summed E-state index contributed by atoms with van der Waals surface area (Å²) in [4.78, 5) is 12.0. The second kappa shape index (κ2) is 6.75. The van der Waals surface area contributed by atoms with Gasteiger partial charge in [0.25, 0.3) is 5.91 Å². The number of carbonyl (C=O) groups is 1. The molecule has 3 nitrogen and oxygen atoms in total. The molecular formula is C17H19NO2. The summed E-state index contributed by atoms with van der Waals surface area (Å²) in [5.41, 5.74) is 1.72. The lowest BCUT2D eigenvalue weighted by Crippen LogP contribution is -2.22. The van der Waals surface area contributed by atoms with Gasteiger partial charge in [0.1, 0.15) is 5.75 Å². The second-order valence-corrected chi connectivity index (χ2v) is 4.86. The van der Waals surface area contributed by atoms with Gasteiger partial charge in [0.2, 0.25) is 0 Å². The molecule has 0 saturated carbocycles. The minimum atomic E-state index is -0.0787. The molecule has 0 heterocycles. The zero-order chi connectivity index (χ0) is 14.4. The minimum Gasteiger partial charge on any atom is -0.491 e. The normalized spacial score (nSPS) is 10.3. The molecule has 104 valence electrons. The molecule has 0 unspecified atom stereocenters. The summed E-state index contributed by atoms with van der Waals surface area (Å²) in [5, 5.41) is 2.90. The lowest BCUT2D eigenvalue weighted by Gasteiger charge is -2.10. The first kappa shape index (κ1) is 14.1. The zero-order valence-electron chi connectivity index (χ0n) is 11.8. The van der Waals surface area contributed by atoms with E-state index in [4.69, 9.17) is 4.74 Å². The average molecular weight is 269 g/mol. The summed E-state index contributed by atoms with van der Waals surface area (Å²) in [6.45, 7) is 4.48. The number of ether oxygens (including phenoxy) is 1. The van der Waals surface area contributed by atoms with Crippen LogP contribution in [0.15, 0.2) is 54.6 Å². The average Bonchev–Trinajstić information content (AvgIpc) is 2.46. The van der Waals surface area contributed by atoms with Gasteiger partial charge in [-0.25, -0.2) is 0 Å². The van der Waals surface area contributed by atoms with Crippen molar-refractivity contribution in [1.29, 1.82) is 0 Å². The molecule has 1 N–H and O–H groups in total. The molecule has 0 aliphatic carbocycles. The van der Waals surface area contributed by atoms with Crippen LogP contribution in [0.4, 0.5) is 0 Å². The van der Waals surface area contributed by atoms with E-state index in [1.54, 1.807) is 12.1 Å². The lowest BCUT2D eigenvalue weighted by atomic mass is 10.2. The predicted molar refractivity (Wildman–Crippen MR) is 79.8 cm³/mol. The van der Waals surface area contributed by atoms with Crippen molar-refractivity contribution >= 4 is 5.91 Å². The van der Waals surface area contributed by atoms with Crippen LogP contribution in [0.1, 0.15) is 29.8 Å². The fourth-order valence-electron chi connectivity index (χ4n) is 1.84. The van der Waals surface area contributed by atoms with E-state index in [-0.39, 0.29) is 12.0 Å². The quantitative estimate of drug-likeness (QED) is 0.903. The third kappa shape index (κ3) is 4.12. The first-order chi connectivity index (χ1) is 9.65. The molecule has 0 aliphatic heterocycles. The Bertz CT molecular complexity index is 547. The molecule has 2 aromatic carbocycles. The Kier molecular flexibility index (Phi) is 4.77. The van der Waals surface area contributed by atoms with E-state index < -0.39 is 0 Å². The number of rotatable bonds is 5. The maximum atomic E-state index is 12.0. The fourth-order valence-corrected chi connectivity index (χ4v) is 1.84. The van der Waals surface area contributed by atoms with Gasteiger partial charge in [-0.2, -0.15) is 0 Å². The summed E-state index contributed by atoms with van der Waals surface area (Å²) >= 11 is 0. The Morgan fingerprint density at radius 3 is 2.30 bits per heavy atom. The summed E-state index contributed by atoms with van der Waals surface area (Å²) in [5.74, 6) is 0.699. The highest BCUT2D eigenvalue weighted by Crippen LogP contribution is 2.13. The molecule has 0 aliphatic rings. The van der Waals surface area contributed by atoms with Gasteiger partial charge in [-0.3, -0.25) is 4.79 Å². The smallest absolute Gasteiger partial charge is 0.251 e. The van der Waals surface area contributed by atoms with Crippen molar-refractivity contribution in [1.82, 2.24) is 5.32 Å². The van der Waals surface area contributed by atoms with Crippen LogP contribution in [0.25, 0.3) is 0 Å². The highest BCUT2D eigenvalue weighted by Gasteiger charge is 2.05. The third-order valence-corrected chi connectivity index (χ3v) is 2.78. The van der Waals surface area contributed by atoms with Crippen molar-refractivity contribution in [2.24, 2.45) is 0 Å². The Morgan fingerprint density at radius 1 is 1.05 bits per heavy atom. The van der Waals surface area contributed by atoms with Crippen LogP contribution in [0.3, 0.4) is 0 Å². The monoisotopic (exact) mass is 269 g/mol. The van der Waals surface area contributed by atoms with Crippen LogP contribution in [0.5, 0.6) is 5.75 Å². The Labute approximate surface area is 119 Å². The highest BCUT2D eigenvalue weighted by molar-refractivity contribution is 5.94. The van der Waals surface area contributed by atoms with E-state index in [0.717, 1.165) is 11.3 Å². The maximum absolute atomic E-state index is 12.0. The molecule has 0 atom stereocenters. The number of amides is 1. The van der Waals surface area contributed by atoms with Crippen LogP contribution in [0.2, 0.25) is 0 Å². The van der Waals surface area contributed by atoms with Crippen LogP contribution in [-0.2, 0) is 6.54 Å². The molecule has 0 aromatic heterocycles. The van der Waals surface area contributed by atoms with Crippen LogP contribution >= 0.6 is 0 Å². The molecule has 20 heavy (non-hydrogen) atoms. The standard InChI is InChI=1S/C17H19NO2/c1-13(2)20-16-10-8-15(9-11-16)17(19)18-12-14-6-4-3-5-7-14/h3-11,13H,12H2,1-2H3,(H,18,19). The number of benzene rings is 2. The summed E-state index contributed by atoms with van der Waals surface area (Å²) in [7, 11) is 0. The van der Waals surface area contributed by atoms with Crippen molar-refractivity contribution in [3.63, 3.8) is 0 Å². The van der Waals surface area contributed by atoms with Crippen LogP contribution in [-0.4, -0.2) is 12.0 Å². The van der Waals surface area contributed by atoms with Gasteiger partial charge < -0.3 is 10.1 Å². The van der Waals surface area contributed by atoms with Crippen LogP contribution < -0.4 is 10.1 Å². The van der Waals surface area contributed by atoms with E-state index >= 15 is 0 Å². The van der Waals surface area contributed by atoms with Crippen molar-refractivity contribution in [2.75, 3.05) is 0 Å². The molecule has 2 rings (SSSR count). The second-order valence-electron chi connectivity index (χ2n) is 4.86. The maximum Gasteiger partial charge on any atom is 0.251 e. The van der Waals surface area contributed by atoms with E-state index in [9.17, 15) is 4.79 Å². The van der Waals surface area contributed by atoms with Gasteiger partial charge in [0.05, 0.1) is 6.10 Å². The molecule has 3 heteroatoms. The number of nitrogens with one attached hydrogen (secondary N) is 1. The van der Waals surface area contributed by atoms with Crippen molar-refractivity contribution in [2.45, 2.75) is 26.5 Å². The molecule has 0 fully saturated rings. The SMILES string of the molecule is CC(C)Oc1ccc(C(=O)NCc2ccccc2)cc1. The number of hydrogen-bond acceptors (Lipinski definition) is 2. The minimum absolute atomic E-state index is 0.0787. The molecule has 0 bridgehead atoms. The molecule has 2 aromatic rings. The van der Waals surface area contributed by atoms with E-state index in [1.807, 2.05) is 56.3 Å². The highest BCUT2D eigenvalue weighted by atomic mass is 16.5. The van der Waals surface area contributed by atoms with Crippen molar-refractivity contribution in [3.05, 3.63) is 65.7 Å². The fraction of sp³-hybridized carbons (Fsp3) is 0.235. The zero-order valence-corrected chi connectivity index (χ0v) is 11.8. The molecular weight excluding hydrogens is 250 g/mol. The molecule has 0 radical (unpaired) electrons. The molecule has 1 amide bonds. The van der Waals surface area contributed by atoms with E-state index in [0.29, 0.717) is 12.1 Å². The molecule has 0 spiro atoms.